The molecule has 1 unspecified atom stereocenters. The van der Waals surface area contributed by atoms with Crippen LogP contribution in [0.5, 0.6) is 0 Å². The van der Waals surface area contributed by atoms with Crippen molar-refractivity contribution in [2.24, 2.45) is 5.92 Å². The van der Waals surface area contributed by atoms with Crippen molar-refractivity contribution in [3.05, 3.63) is 35.4 Å². The van der Waals surface area contributed by atoms with Crippen LogP contribution < -0.4 is 5.32 Å². The maximum absolute atomic E-state index is 3.58. The van der Waals surface area contributed by atoms with Crippen molar-refractivity contribution in [1.82, 2.24) is 5.32 Å². The van der Waals surface area contributed by atoms with Crippen LogP contribution in [0, 0.1) is 5.92 Å². The van der Waals surface area contributed by atoms with Crippen LogP contribution in [0.15, 0.2) is 24.3 Å². The molecule has 1 atom stereocenters. The van der Waals surface area contributed by atoms with Crippen LogP contribution in [-0.4, -0.2) is 18.1 Å². The van der Waals surface area contributed by atoms with Crippen molar-refractivity contribution in [1.29, 1.82) is 0 Å². The van der Waals surface area contributed by atoms with Gasteiger partial charge in [0.05, 0.1) is 0 Å². The Kier molecular flexibility index (Phi) is 7.45. The fourth-order valence-electron chi connectivity index (χ4n) is 1.95. The van der Waals surface area contributed by atoms with Crippen LogP contribution in [0.2, 0.25) is 0 Å². The Morgan fingerprint density at radius 3 is 2.22 bits per heavy atom. The highest BCUT2D eigenvalue weighted by Crippen LogP contribution is 2.10. The average Bonchev–Trinajstić information content (AvgIpc) is 2.35. The monoisotopic (exact) mass is 265 g/mol. The molecule has 2 heteroatoms. The minimum atomic E-state index is 0.604. The Hall–Kier alpha value is -0.470. The minimum Gasteiger partial charge on any atom is -0.310 e. The summed E-state index contributed by atoms with van der Waals surface area (Å²) in [6.07, 6.45) is 4.59. The highest BCUT2D eigenvalue weighted by atomic mass is 32.2. The molecular formula is C16H27NS. The van der Waals surface area contributed by atoms with Gasteiger partial charge in [0, 0.05) is 12.6 Å². The molecule has 0 spiro atoms. The van der Waals surface area contributed by atoms with Gasteiger partial charge in [0.15, 0.2) is 0 Å². The van der Waals surface area contributed by atoms with Crippen LogP contribution in [0.3, 0.4) is 0 Å². The highest BCUT2D eigenvalue weighted by molar-refractivity contribution is 7.98. The van der Waals surface area contributed by atoms with E-state index in [1.165, 1.54) is 29.7 Å². The molecule has 0 aliphatic heterocycles. The molecule has 0 bridgehead atoms. The van der Waals surface area contributed by atoms with E-state index in [0.717, 1.165) is 12.5 Å². The van der Waals surface area contributed by atoms with Gasteiger partial charge < -0.3 is 5.32 Å². The van der Waals surface area contributed by atoms with Crippen LogP contribution >= 0.6 is 11.8 Å². The number of nitrogens with one attached hydrogen (secondary N) is 1. The number of rotatable bonds is 8. The Labute approximate surface area is 117 Å². The average molecular weight is 265 g/mol. The second-order valence-corrected chi connectivity index (χ2v) is 6.46. The summed E-state index contributed by atoms with van der Waals surface area (Å²) in [5.41, 5.74) is 2.84. The molecule has 0 fully saturated rings. The Bertz CT molecular complexity index is 318. The molecule has 0 heterocycles. The molecule has 0 saturated carbocycles. The zero-order chi connectivity index (χ0) is 13.4. The van der Waals surface area contributed by atoms with Crippen LogP contribution in [0.1, 0.15) is 38.3 Å². The van der Waals surface area contributed by atoms with Crippen LogP contribution in [-0.2, 0) is 13.0 Å². The summed E-state index contributed by atoms with van der Waals surface area (Å²) in [7, 11) is 0. The molecule has 0 aliphatic rings. The molecular weight excluding hydrogens is 238 g/mol. The fourth-order valence-corrected chi connectivity index (χ4v) is 2.54. The third-order valence-corrected chi connectivity index (χ3v) is 3.72. The van der Waals surface area contributed by atoms with Gasteiger partial charge in [-0.15, -0.1) is 0 Å². The number of hydrogen-bond donors (Lipinski definition) is 1. The molecule has 102 valence electrons. The maximum atomic E-state index is 3.58. The number of benzene rings is 1. The van der Waals surface area contributed by atoms with Crippen molar-refractivity contribution in [2.45, 2.75) is 46.2 Å². The van der Waals surface area contributed by atoms with Gasteiger partial charge in [-0.2, -0.15) is 11.8 Å². The second-order valence-electron chi connectivity index (χ2n) is 5.48. The summed E-state index contributed by atoms with van der Waals surface area (Å²) in [4.78, 5) is 0. The molecule has 18 heavy (non-hydrogen) atoms. The topological polar surface area (TPSA) is 12.0 Å². The van der Waals surface area contributed by atoms with Crippen molar-refractivity contribution in [3.63, 3.8) is 0 Å². The van der Waals surface area contributed by atoms with Crippen LogP contribution in [0.4, 0.5) is 0 Å². The van der Waals surface area contributed by atoms with Crippen LogP contribution in [0.25, 0.3) is 0 Å². The first kappa shape index (κ1) is 15.6. The molecule has 0 aromatic heterocycles. The first-order valence-corrected chi connectivity index (χ1v) is 8.31. The lowest BCUT2D eigenvalue weighted by atomic mass is 10.0. The lowest BCUT2D eigenvalue weighted by Gasteiger charge is -2.13. The van der Waals surface area contributed by atoms with E-state index >= 15 is 0 Å². The fraction of sp³-hybridized carbons (Fsp3) is 0.625. The van der Waals surface area contributed by atoms with Crippen molar-refractivity contribution < 1.29 is 0 Å². The van der Waals surface area contributed by atoms with Gasteiger partial charge in [-0.05, 0) is 48.8 Å². The standard InChI is InChI=1S/C16H27NS/c1-13(2)11-15-5-7-16(8-6-15)12-17-14(3)9-10-18-4/h5-8,13-14,17H,9-12H2,1-4H3. The zero-order valence-electron chi connectivity index (χ0n) is 12.2. The summed E-state index contributed by atoms with van der Waals surface area (Å²) in [5, 5.41) is 3.58. The van der Waals surface area contributed by atoms with E-state index in [-0.39, 0.29) is 0 Å². The normalized spacial score (nSPS) is 12.9. The Morgan fingerprint density at radius 1 is 1.06 bits per heavy atom. The third-order valence-electron chi connectivity index (χ3n) is 3.08. The first-order valence-electron chi connectivity index (χ1n) is 6.92. The molecule has 1 aromatic rings. The maximum Gasteiger partial charge on any atom is 0.0207 e. The predicted octanol–water partition coefficient (Wildman–Crippen LogP) is 4.12. The van der Waals surface area contributed by atoms with E-state index in [0.29, 0.717) is 6.04 Å². The first-order chi connectivity index (χ1) is 8.61. The Balaban J connectivity index is 2.34. The lowest BCUT2D eigenvalue weighted by molar-refractivity contribution is 0.537. The van der Waals surface area contributed by atoms with Gasteiger partial charge in [0.2, 0.25) is 0 Å². The molecule has 1 aromatic carbocycles. The molecule has 1 rings (SSSR count). The van der Waals surface area contributed by atoms with Gasteiger partial charge in [-0.25, -0.2) is 0 Å². The van der Waals surface area contributed by atoms with Crippen molar-refractivity contribution in [2.75, 3.05) is 12.0 Å². The predicted molar refractivity (Wildman–Crippen MR) is 84.3 cm³/mol. The van der Waals surface area contributed by atoms with Gasteiger partial charge in [0.25, 0.3) is 0 Å². The van der Waals surface area contributed by atoms with Gasteiger partial charge in [0.1, 0.15) is 0 Å². The minimum absolute atomic E-state index is 0.604. The van der Waals surface area contributed by atoms with E-state index in [1.807, 2.05) is 11.8 Å². The molecule has 0 saturated heterocycles. The molecule has 1 nitrogen and oxygen atoms in total. The zero-order valence-corrected chi connectivity index (χ0v) is 13.0. The summed E-state index contributed by atoms with van der Waals surface area (Å²) >= 11 is 1.92. The molecule has 1 N–H and O–H groups in total. The van der Waals surface area contributed by atoms with Gasteiger partial charge >= 0.3 is 0 Å². The number of thioether (sulfide) groups is 1. The van der Waals surface area contributed by atoms with E-state index in [4.69, 9.17) is 0 Å². The van der Waals surface area contributed by atoms with Gasteiger partial charge in [-0.3, -0.25) is 0 Å². The third kappa shape index (κ3) is 6.46. The largest absolute Gasteiger partial charge is 0.310 e. The molecule has 0 aliphatic carbocycles. The smallest absolute Gasteiger partial charge is 0.0207 e. The number of hydrogen-bond acceptors (Lipinski definition) is 2. The summed E-state index contributed by atoms with van der Waals surface area (Å²) in [6.45, 7) is 7.78. The molecule has 0 amide bonds. The summed E-state index contributed by atoms with van der Waals surface area (Å²) in [6, 6.07) is 9.65. The van der Waals surface area contributed by atoms with E-state index < -0.39 is 0 Å². The van der Waals surface area contributed by atoms with Gasteiger partial charge in [-0.1, -0.05) is 38.1 Å². The van der Waals surface area contributed by atoms with Crippen molar-refractivity contribution >= 4 is 11.8 Å². The second kappa shape index (κ2) is 8.60. The lowest BCUT2D eigenvalue weighted by Crippen LogP contribution is -2.25. The quantitative estimate of drug-likeness (QED) is 0.759. The van der Waals surface area contributed by atoms with E-state index in [1.54, 1.807) is 0 Å². The Morgan fingerprint density at radius 2 is 1.67 bits per heavy atom. The highest BCUT2D eigenvalue weighted by Gasteiger charge is 2.02. The molecule has 0 radical (unpaired) electrons. The van der Waals surface area contributed by atoms with E-state index in [9.17, 15) is 0 Å². The SMILES string of the molecule is CSCCC(C)NCc1ccc(CC(C)C)cc1. The van der Waals surface area contributed by atoms with E-state index in [2.05, 4.69) is 56.6 Å². The summed E-state index contributed by atoms with van der Waals surface area (Å²) in [5.74, 6) is 1.97. The summed E-state index contributed by atoms with van der Waals surface area (Å²) < 4.78 is 0. The van der Waals surface area contributed by atoms with Crippen molar-refractivity contribution in [3.8, 4) is 0 Å².